The summed E-state index contributed by atoms with van der Waals surface area (Å²) in [5, 5.41) is 16.8. The summed E-state index contributed by atoms with van der Waals surface area (Å²) in [6.45, 7) is 2.53. The van der Waals surface area contributed by atoms with Crippen molar-refractivity contribution in [3.05, 3.63) is 33.9 Å². The van der Waals surface area contributed by atoms with E-state index in [0.29, 0.717) is 18.7 Å². The van der Waals surface area contributed by atoms with E-state index in [2.05, 4.69) is 10.6 Å². The van der Waals surface area contributed by atoms with Crippen LogP contribution in [0.4, 0.5) is 11.4 Å². The Morgan fingerprint density at radius 2 is 2.24 bits per heavy atom. The minimum Gasteiger partial charge on any atom is -0.388 e. The fourth-order valence-electron chi connectivity index (χ4n) is 2.42. The van der Waals surface area contributed by atoms with Crippen molar-refractivity contribution in [3.63, 3.8) is 0 Å². The molecular formula is C14H19N3O4. The van der Waals surface area contributed by atoms with Gasteiger partial charge >= 0.3 is 0 Å². The summed E-state index contributed by atoms with van der Waals surface area (Å²) in [4.78, 5) is 22.8. The first kappa shape index (κ1) is 15.2. The Kier molecular flexibility index (Phi) is 4.74. The van der Waals surface area contributed by atoms with Crippen LogP contribution in [0.1, 0.15) is 30.1 Å². The third kappa shape index (κ3) is 3.69. The van der Waals surface area contributed by atoms with Gasteiger partial charge in [-0.15, -0.1) is 0 Å². The van der Waals surface area contributed by atoms with E-state index in [1.165, 1.54) is 12.1 Å². The van der Waals surface area contributed by atoms with Crippen molar-refractivity contribution in [2.24, 2.45) is 0 Å². The number of ether oxygens (including phenoxy) is 1. The maximum absolute atomic E-state index is 12.3. The van der Waals surface area contributed by atoms with E-state index in [1.807, 2.05) is 6.92 Å². The molecule has 0 bridgehead atoms. The summed E-state index contributed by atoms with van der Waals surface area (Å²) in [6.07, 6.45) is 1.52. The number of nitrogens with zero attached hydrogens (tertiary/aromatic N) is 1. The summed E-state index contributed by atoms with van der Waals surface area (Å²) in [5.41, 5.74) is 0.545. The van der Waals surface area contributed by atoms with Crippen molar-refractivity contribution < 1.29 is 14.5 Å². The molecule has 1 heterocycles. The number of anilines is 1. The van der Waals surface area contributed by atoms with Crippen LogP contribution in [0.15, 0.2) is 18.2 Å². The second-order valence-electron chi connectivity index (χ2n) is 5.12. The number of carbonyl (C=O) groups is 1. The summed E-state index contributed by atoms with van der Waals surface area (Å²) < 4.78 is 5.42. The topological polar surface area (TPSA) is 93.5 Å². The number of nitrogens with one attached hydrogen (secondary N) is 2. The zero-order valence-electron chi connectivity index (χ0n) is 12.1. The molecule has 1 amide bonds. The van der Waals surface area contributed by atoms with Crippen molar-refractivity contribution in [3.8, 4) is 0 Å². The Labute approximate surface area is 122 Å². The highest BCUT2D eigenvalue weighted by Gasteiger charge is 2.25. The number of nitro benzene ring substituents is 1. The van der Waals surface area contributed by atoms with E-state index in [0.717, 1.165) is 6.42 Å². The Morgan fingerprint density at radius 1 is 1.48 bits per heavy atom. The molecular weight excluding hydrogens is 274 g/mol. The van der Waals surface area contributed by atoms with Crippen LogP contribution in [0.25, 0.3) is 0 Å². The smallest absolute Gasteiger partial charge is 0.282 e. The first-order chi connectivity index (χ1) is 10.0. The minimum atomic E-state index is -0.541. The van der Waals surface area contributed by atoms with Crippen LogP contribution in [0.2, 0.25) is 0 Å². The van der Waals surface area contributed by atoms with Crippen LogP contribution in [0.5, 0.6) is 0 Å². The van der Waals surface area contributed by atoms with Gasteiger partial charge in [-0.3, -0.25) is 14.9 Å². The first-order valence-corrected chi connectivity index (χ1v) is 6.90. The maximum Gasteiger partial charge on any atom is 0.282 e. The van der Waals surface area contributed by atoms with Gasteiger partial charge in [0.1, 0.15) is 5.56 Å². The lowest BCUT2D eigenvalue weighted by Crippen LogP contribution is -2.41. The molecule has 1 aliphatic heterocycles. The zero-order valence-corrected chi connectivity index (χ0v) is 12.1. The third-order valence-corrected chi connectivity index (χ3v) is 3.55. The van der Waals surface area contributed by atoms with E-state index in [1.54, 1.807) is 13.1 Å². The highest BCUT2D eigenvalue weighted by atomic mass is 16.6. The molecule has 0 aliphatic carbocycles. The standard InChI is InChI=1S/C14H19N3O4/c1-9-7-11(5-6-21-9)16-14(18)12-8-10(15-2)3-4-13(12)17(19)20/h3-4,8-9,11,15H,5-7H2,1-2H3,(H,16,18). The van der Waals surface area contributed by atoms with Gasteiger partial charge in [0.05, 0.1) is 11.0 Å². The Hall–Kier alpha value is -2.15. The van der Waals surface area contributed by atoms with Crippen molar-refractivity contribution >= 4 is 17.3 Å². The number of benzene rings is 1. The minimum absolute atomic E-state index is 0.0147. The molecule has 0 spiro atoms. The van der Waals surface area contributed by atoms with Crippen LogP contribution in [0.3, 0.4) is 0 Å². The van der Waals surface area contributed by atoms with Gasteiger partial charge in [-0.05, 0) is 31.9 Å². The fraction of sp³-hybridized carbons (Fsp3) is 0.500. The third-order valence-electron chi connectivity index (χ3n) is 3.55. The van der Waals surface area contributed by atoms with Gasteiger partial charge in [0.2, 0.25) is 0 Å². The van der Waals surface area contributed by atoms with Crippen molar-refractivity contribution in [1.29, 1.82) is 0 Å². The molecule has 7 heteroatoms. The highest BCUT2D eigenvalue weighted by Crippen LogP contribution is 2.23. The molecule has 2 atom stereocenters. The van der Waals surface area contributed by atoms with Crippen molar-refractivity contribution in [2.75, 3.05) is 19.0 Å². The molecule has 21 heavy (non-hydrogen) atoms. The van der Waals surface area contributed by atoms with E-state index >= 15 is 0 Å². The number of rotatable bonds is 4. The van der Waals surface area contributed by atoms with Gasteiger partial charge < -0.3 is 15.4 Å². The molecule has 7 nitrogen and oxygen atoms in total. The molecule has 1 saturated heterocycles. The summed E-state index contributed by atoms with van der Waals surface area (Å²) in [5.74, 6) is -0.419. The van der Waals surface area contributed by atoms with Crippen LogP contribution < -0.4 is 10.6 Å². The molecule has 2 N–H and O–H groups in total. The Balaban J connectivity index is 2.19. The molecule has 1 fully saturated rings. The lowest BCUT2D eigenvalue weighted by Gasteiger charge is -2.27. The van der Waals surface area contributed by atoms with Gasteiger partial charge in [0, 0.05) is 31.5 Å². The number of hydrogen-bond acceptors (Lipinski definition) is 5. The molecule has 1 aliphatic rings. The van der Waals surface area contributed by atoms with Gasteiger partial charge in [0.15, 0.2) is 0 Å². The SMILES string of the molecule is CNc1ccc([N+](=O)[O-])c(C(=O)NC2CCOC(C)C2)c1. The summed E-state index contributed by atoms with van der Waals surface area (Å²) in [6, 6.07) is 4.40. The predicted octanol–water partition coefficient (Wildman–Crippen LogP) is 1.93. The summed E-state index contributed by atoms with van der Waals surface area (Å²) >= 11 is 0. The Morgan fingerprint density at radius 3 is 2.86 bits per heavy atom. The monoisotopic (exact) mass is 293 g/mol. The zero-order chi connectivity index (χ0) is 15.4. The second kappa shape index (κ2) is 6.53. The van der Waals surface area contributed by atoms with Gasteiger partial charge in [0.25, 0.3) is 11.6 Å². The number of amides is 1. The molecule has 1 aromatic carbocycles. The van der Waals surface area contributed by atoms with E-state index in [-0.39, 0.29) is 23.4 Å². The van der Waals surface area contributed by atoms with E-state index in [4.69, 9.17) is 4.74 Å². The second-order valence-corrected chi connectivity index (χ2v) is 5.12. The fourth-order valence-corrected chi connectivity index (χ4v) is 2.42. The molecule has 114 valence electrons. The average molecular weight is 293 g/mol. The number of carbonyl (C=O) groups excluding carboxylic acids is 1. The van der Waals surface area contributed by atoms with Crippen molar-refractivity contribution in [1.82, 2.24) is 5.32 Å². The average Bonchev–Trinajstić information content (AvgIpc) is 2.46. The van der Waals surface area contributed by atoms with Crippen molar-refractivity contribution in [2.45, 2.75) is 31.9 Å². The molecule has 1 aromatic rings. The van der Waals surface area contributed by atoms with E-state index < -0.39 is 10.8 Å². The van der Waals surface area contributed by atoms with Gasteiger partial charge in [-0.1, -0.05) is 0 Å². The van der Waals surface area contributed by atoms with Crippen LogP contribution in [0, 0.1) is 10.1 Å². The number of nitro groups is 1. The quantitative estimate of drug-likeness (QED) is 0.653. The normalized spacial score (nSPS) is 21.6. The summed E-state index contributed by atoms with van der Waals surface area (Å²) in [7, 11) is 1.70. The predicted molar refractivity (Wildman–Crippen MR) is 78.5 cm³/mol. The maximum atomic E-state index is 12.3. The molecule has 0 saturated carbocycles. The molecule has 2 unspecified atom stereocenters. The Bertz CT molecular complexity index is 547. The lowest BCUT2D eigenvalue weighted by atomic mass is 10.0. The molecule has 2 rings (SSSR count). The highest BCUT2D eigenvalue weighted by molar-refractivity contribution is 5.99. The molecule has 0 aromatic heterocycles. The van der Waals surface area contributed by atoms with Crippen LogP contribution in [-0.4, -0.2) is 36.6 Å². The van der Waals surface area contributed by atoms with Gasteiger partial charge in [-0.25, -0.2) is 0 Å². The van der Waals surface area contributed by atoms with E-state index in [9.17, 15) is 14.9 Å². The molecule has 0 radical (unpaired) electrons. The van der Waals surface area contributed by atoms with Gasteiger partial charge in [-0.2, -0.15) is 0 Å². The van der Waals surface area contributed by atoms with Crippen LogP contribution in [-0.2, 0) is 4.74 Å². The van der Waals surface area contributed by atoms with Crippen LogP contribution >= 0.6 is 0 Å². The largest absolute Gasteiger partial charge is 0.388 e. The first-order valence-electron chi connectivity index (χ1n) is 6.90. The lowest BCUT2D eigenvalue weighted by molar-refractivity contribution is -0.385. The number of hydrogen-bond donors (Lipinski definition) is 2.